The van der Waals surface area contributed by atoms with E-state index in [-0.39, 0.29) is 0 Å². The fourth-order valence-electron chi connectivity index (χ4n) is 0.653. The molecule has 0 spiro atoms. The molecule has 4 nitrogen and oxygen atoms in total. The van der Waals surface area contributed by atoms with E-state index in [9.17, 15) is 0 Å². The van der Waals surface area contributed by atoms with Crippen LogP contribution in [-0.2, 0) is 4.74 Å². The predicted octanol–water partition coefficient (Wildman–Crippen LogP) is 0.239. The summed E-state index contributed by atoms with van der Waals surface area (Å²) >= 11 is 0. The highest BCUT2D eigenvalue weighted by Gasteiger charge is 1.83. The van der Waals surface area contributed by atoms with Crippen LogP contribution in [-0.4, -0.2) is 29.3 Å². The Morgan fingerprint density at radius 3 is 1.93 bits per heavy atom. The van der Waals surface area contributed by atoms with Gasteiger partial charge in [0.05, 0.1) is 12.9 Å². The summed E-state index contributed by atoms with van der Waals surface area (Å²) in [5.41, 5.74) is 0. The van der Waals surface area contributed by atoms with Gasteiger partial charge in [-0.3, -0.25) is 4.98 Å². The predicted molar refractivity (Wildman–Crippen MR) is 55.5 cm³/mol. The van der Waals surface area contributed by atoms with Gasteiger partial charge in [0.15, 0.2) is 0 Å². The first-order valence-corrected chi connectivity index (χ1v) is 4.25. The van der Waals surface area contributed by atoms with Crippen molar-refractivity contribution < 1.29 is 14.8 Å². The normalized spacial score (nSPS) is 11.3. The molecule has 1 aliphatic rings. The maximum atomic E-state index is 7.12. The van der Waals surface area contributed by atoms with E-state index in [0.29, 0.717) is 0 Å². The minimum Gasteiger partial charge on any atom is -0.501 e. The minimum atomic E-state index is -0.750. The smallest absolute Gasteiger partial charge is 0.432 e. The Morgan fingerprint density at radius 1 is 1.14 bits per heavy atom. The van der Waals surface area contributed by atoms with Gasteiger partial charge in [0.2, 0.25) is 0 Å². The highest BCUT2D eigenvalue weighted by Crippen LogP contribution is 1.93. The molecule has 1 aromatic rings. The van der Waals surface area contributed by atoms with Crippen molar-refractivity contribution in [2.24, 2.45) is 0 Å². The van der Waals surface area contributed by atoms with E-state index in [1.54, 1.807) is 18.7 Å². The van der Waals surface area contributed by atoms with Gasteiger partial charge >= 0.3 is 7.69 Å². The van der Waals surface area contributed by atoms with Gasteiger partial charge in [-0.2, -0.15) is 0 Å². The molecule has 0 radical (unpaired) electrons. The first-order chi connectivity index (χ1) is 6.91. The van der Waals surface area contributed by atoms with Crippen LogP contribution >= 0.6 is 0 Å². The summed E-state index contributed by atoms with van der Waals surface area (Å²) in [6.45, 7) is 0.889. The third-order valence-corrected chi connectivity index (χ3v) is 1.16. The van der Waals surface area contributed by atoms with Crippen LogP contribution in [0.5, 0.6) is 0 Å². The first kappa shape index (κ1) is 12.7. The number of hydrogen-bond donors (Lipinski definition) is 2. The molecule has 2 rings (SSSR count). The molecular formula is C9H14BNO3. The van der Waals surface area contributed by atoms with E-state index < -0.39 is 7.69 Å². The van der Waals surface area contributed by atoms with Crippen LogP contribution in [0.25, 0.3) is 0 Å². The lowest BCUT2D eigenvalue weighted by Gasteiger charge is -1.79. The van der Waals surface area contributed by atoms with E-state index in [1.807, 2.05) is 24.3 Å². The fourth-order valence-corrected chi connectivity index (χ4v) is 0.653. The van der Waals surface area contributed by atoms with Gasteiger partial charge in [-0.1, -0.05) is 6.07 Å². The zero-order valence-corrected chi connectivity index (χ0v) is 7.91. The van der Waals surface area contributed by atoms with Gasteiger partial charge in [0, 0.05) is 18.8 Å². The number of rotatable bonds is 0. The Morgan fingerprint density at radius 2 is 1.79 bits per heavy atom. The van der Waals surface area contributed by atoms with E-state index in [0.717, 1.165) is 13.0 Å². The summed E-state index contributed by atoms with van der Waals surface area (Å²) in [5, 5.41) is 14.2. The number of ether oxygens (including phenoxy) is 1. The van der Waals surface area contributed by atoms with Gasteiger partial charge in [-0.05, 0) is 18.2 Å². The maximum absolute atomic E-state index is 7.12. The van der Waals surface area contributed by atoms with Gasteiger partial charge in [-0.15, -0.1) is 0 Å². The van der Waals surface area contributed by atoms with Crippen LogP contribution in [0.2, 0.25) is 0 Å². The number of pyridine rings is 1. The maximum Gasteiger partial charge on any atom is 0.432 e. The molecule has 0 aliphatic carbocycles. The molecule has 1 aliphatic heterocycles. The Balaban J connectivity index is 0.000000193. The molecule has 0 aromatic carbocycles. The number of aromatic nitrogens is 1. The lowest BCUT2D eigenvalue weighted by molar-refractivity contribution is 0.281. The second-order valence-electron chi connectivity index (χ2n) is 2.20. The third kappa shape index (κ3) is 10.7. The zero-order chi connectivity index (χ0) is 10.5. The molecule has 2 N–H and O–H groups in total. The SMILES string of the molecule is C1=COCC1.OBO.c1ccncc1. The second-order valence-corrected chi connectivity index (χ2v) is 2.20. The largest absolute Gasteiger partial charge is 0.501 e. The first-order valence-electron chi connectivity index (χ1n) is 4.25. The average molecular weight is 195 g/mol. The molecule has 0 atom stereocenters. The lowest BCUT2D eigenvalue weighted by Crippen LogP contribution is -1.75. The minimum absolute atomic E-state index is 0.750. The zero-order valence-electron chi connectivity index (χ0n) is 7.91. The van der Waals surface area contributed by atoms with E-state index in [1.165, 1.54) is 0 Å². The fraction of sp³-hybridized carbons (Fsp3) is 0.222. The summed E-state index contributed by atoms with van der Waals surface area (Å²) in [4.78, 5) is 3.78. The average Bonchev–Trinajstić information content (AvgIpc) is 2.80. The van der Waals surface area contributed by atoms with Crippen LogP contribution in [0.1, 0.15) is 6.42 Å². The summed E-state index contributed by atoms with van der Waals surface area (Å²) in [5.74, 6) is 0. The number of hydrogen-bond acceptors (Lipinski definition) is 4. The Bertz CT molecular complexity index is 186. The quantitative estimate of drug-likeness (QED) is 0.582. The summed E-state index contributed by atoms with van der Waals surface area (Å²) < 4.78 is 4.76. The molecule has 0 amide bonds. The highest BCUT2D eigenvalue weighted by atomic mass is 16.5. The molecule has 0 saturated heterocycles. The molecule has 0 fully saturated rings. The van der Waals surface area contributed by atoms with Crippen LogP contribution in [0.15, 0.2) is 42.9 Å². The van der Waals surface area contributed by atoms with Crippen molar-refractivity contribution in [2.75, 3.05) is 6.61 Å². The van der Waals surface area contributed by atoms with Gasteiger partial charge < -0.3 is 14.8 Å². The molecule has 0 bridgehead atoms. The molecule has 0 saturated carbocycles. The summed E-state index contributed by atoms with van der Waals surface area (Å²) in [7, 11) is -0.750. The molecule has 2 heterocycles. The molecular weight excluding hydrogens is 181 g/mol. The summed E-state index contributed by atoms with van der Waals surface area (Å²) in [6, 6.07) is 5.72. The van der Waals surface area contributed by atoms with Crippen molar-refractivity contribution in [1.29, 1.82) is 0 Å². The summed E-state index contributed by atoms with van der Waals surface area (Å²) in [6.07, 6.45) is 8.35. The molecule has 5 heteroatoms. The van der Waals surface area contributed by atoms with E-state index in [2.05, 4.69) is 4.98 Å². The van der Waals surface area contributed by atoms with Crippen molar-refractivity contribution in [3.63, 3.8) is 0 Å². The van der Waals surface area contributed by atoms with Crippen LogP contribution in [0, 0.1) is 0 Å². The van der Waals surface area contributed by atoms with E-state index >= 15 is 0 Å². The van der Waals surface area contributed by atoms with Crippen molar-refractivity contribution >= 4 is 7.69 Å². The van der Waals surface area contributed by atoms with Crippen LogP contribution < -0.4 is 0 Å². The van der Waals surface area contributed by atoms with Crippen molar-refractivity contribution in [3.8, 4) is 0 Å². The Kier molecular flexibility index (Phi) is 10.6. The number of nitrogens with zero attached hydrogens (tertiary/aromatic N) is 1. The van der Waals surface area contributed by atoms with Crippen LogP contribution in [0.4, 0.5) is 0 Å². The lowest BCUT2D eigenvalue weighted by atomic mass is 10.5. The molecule has 1 aromatic heterocycles. The van der Waals surface area contributed by atoms with Gasteiger partial charge in [-0.25, -0.2) is 0 Å². The van der Waals surface area contributed by atoms with Crippen molar-refractivity contribution in [2.45, 2.75) is 6.42 Å². The topological polar surface area (TPSA) is 62.6 Å². The van der Waals surface area contributed by atoms with E-state index in [4.69, 9.17) is 14.8 Å². The van der Waals surface area contributed by atoms with Crippen molar-refractivity contribution in [1.82, 2.24) is 4.98 Å². The Labute approximate surface area is 84.2 Å². The van der Waals surface area contributed by atoms with Gasteiger partial charge in [0.25, 0.3) is 0 Å². The van der Waals surface area contributed by atoms with Gasteiger partial charge in [0.1, 0.15) is 0 Å². The highest BCUT2D eigenvalue weighted by molar-refractivity contribution is 6.13. The standard InChI is InChI=1S/C5H5N.C4H6O.BH3O2/c1-2-4-6-5-3-1;1-2-4-5-3-1;2-1-3/h1-5H;1,3H,2,4H2;1-3H. The monoisotopic (exact) mass is 195 g/mol. The Hall–Kier alpha value is -1.33. The van der Waals surface area contributed by atoms with Crippen LogP contribution in [0.3, 0.4) is 0 Å². The molecule has 76 valence electrons. The molecule has 0 unspecified atom stereocenters. The second kappa shape index (κ2) is 11.7. The molecule has 14 heavy (non-hydrogen) atoms. The van der Waals surface area contributed by atoms with Crippen molar-refractivity contribution in [3.05, 3.63) is 42.9 Å². The third-order valence-electron chi connectivity index (χ3n) is 1.16.